The number of carboxylic acids is 1. The molecule has 0 heterocycles. The molecule has 17 heavy (non-hydrogen) atoms. The molecular weight excluding hydrogens is 232 g/mol. The SMILES string of the molecule is C[C@H](N)C(=O)N[C@@H](COC(=O)CN=[N-])C(=O)O. The Bertz CT molecular complexity index is 317. The first-order valence-corrected chi connectivity index (χ1v) is 4.63. The molecule has 0 saturated heterocycles. The van der Waals surface area contributed by atoms with E-state index in [2.05, 4.69) is 15.2 Å². The summed E-state index contributed by atoms with van der Waals surface area (Å²) in [6.45, 7) is 0.209. The molecule has 0 aliphatic carbocycles. The molecule has 9 nitrogen and oxygen atoms in total. The largest absolute Gasteiger partial charge is 0.711 e. The number of carboxylic acid groups (broad SMARTS) is 1. The Labute approximate surface area is 96.8 Å². The molecule has 0 spiro atoms. The van der Waals surface area contributed by atoms with Gasteiger partial charge in [-0.05, 0) is 6.92 Å². The van der Waals surface area contributed by atoms with E-state index in [-0.39, 0.29) is 0 Å². The predicted octanol–water partition coefficient (Wildman–Crippen LogP) is -1.53. The van der Waals surface area contributed by atoms with E-state index < -0.39 is 43.1 Å². The Balaban J connectivity index is 4.26. The Morgan fingerprint density at radius 3 is 2.53 bits per heavy atom. The smallest absolute Gasteiger partial charge is 0.329 e. The molecule has 96 valence electrons. The van der Waals surface area contributed by atoms with Crippen LogP contribution in [0.15, 0.2) is 5.11 Å². The van der Waals surface area contributed by atoms with Gasteiger partial charge in [0.2, 0.25) is 5.91 Å². The van der Waals surface area contributed by atoms with Crippen molar-refractivity contribution in [2.45, 2.75) is 19.0 Å². The average Bonchev–Trinajstić information content (AvgIpc) is 2.23. The predicted molar refractivity (Wildman–Crippen MR) is 54.8 cm³/mol. The lowest BCUT2D eigenvalue weighted by atomic mass is 10.2. The molecule has 0 saturated carbocycles. The lowest BCUT2D eigenvalue weighted by Gasteiger charge is -2.15. The van der Waals surface area contributed by atoms with Crippen molar-refractivity contribution in [3.8, 4) is 0 Å². The number of esters is 1. The highest BCUT2D eigenvalue weighted by atomic mass is 16.5. The fourth-order valence-electron chi connectivity index (χ4n) is 0.758. The highest BCUT2D eigenvalue weighted by Crippen LogP contribution is 1.90. The minimum absolute atomic E-state index is 0.567. The van der Waals surface area contributed by atoms with Crippen LogP contribution in [0.2, 0.25) is 0 Å². The van der Waals surface area contributed by atoms with Crippen LogP contribution in [0.25, 0.3) is 5.53 Å². The molecule has 0 aromatic carbocycles. The molecule has 0 aliphatic heterocycles. The zero-order valence-electron chi connectivity index (χ0n) is 9.12. The molecule has 0 rings (SSSR count). The molecule has 0 bridgehead atoms. The molecule has 0 aromatic heterocycles. The monoisotopic (exact) mass is 245 g/mol. The van der Waals surface area contributed by atoms with Crippen molar-refractivity contribution >= 4 is 17.8 Å². The highest BCUT2D eigenvalue weighted by molar-refractivity contribution is 5.86. The van der Waals surface area contributed by atoms with Crippen LogP contribution in [-0.2, 0) is 19.1 Å². The second-order valence-corrected chi connectivity index (χ2v) is 3.17. The van der Waals surface area contributed by atoms with Gasteiger partial charge in [0.15, 0.2) is 6.04 Å². The standard InChI is InChI=1S/C8H13N4O5/c1-4(9)7(14)12-5(8(15)16)3-17-6(13)2-11-10/h4-5H,2-3,9H2,1H3,(H,12,14)(H,15,16)/q-1/t4-,5-/m0/s1. The molecule has 0 aromatic rings. The van der Waals surface area contributed by atoms with E-state index in [1.165, 1.54) is 6.92 Å². The third kappa shape index (κ3) is 6.20. The summed E-state index contributed by atoms with van der Waals surface area (Å²) in [5.74, 6) is -2.96. The van der Waals surface area contributed by atoms with E-state index >= 15 is 0 Å². The number of ether oxygens (including phenoxy) is 1. The maximum Gasteiger partial charge on any atom is 0.329 e. The van der Waals surface area contributed by atoms with Gasteiger partial charge in [0, 0.05) is 0 Å². The van der Waals surface area contributed by atoms with Crippen molar-refractivity contribution in [1.29, 1.82) is 0 Å². The van der Waals surface area contributed by atoms with Crippen LogP contribution in [0.3, 0.4) is 0 Å². The Morgan fingerprint density at radius 2 is 2.12 bits per heavy atom. The van der Waals surface area contributed by atoms with Crippen LogP contribution < -0.4 is 11.1 Å². The van der Waals surface area contributed by atoms with E-state index in [1.54, 1.807) is 0 Å². The first-order valence-electron chi connectivity index (χ1n) is 4.63. The van der Waals surface area contributed by atoms with Crippen molar-refractivity contribution in [1.82, 2.24) is 5.32 Å². The van der Waals surface area contributed by atoms with E-state index in [1.807, 2.05) is 0 Å². The molecule has 2 atom stereocenters. The Hall–Kier alpha value is -2.03. The van der Waals surface area contributed by atoms with Crippen molar-refractivity contribution in [3.63, 3.8) is 0 Å². The van der Waals surface area contributed by atoms with Gasteiger partial charge in [-0.2, -0.15) is 0 Å². The van der Waals surface area contributed by atoms with Gasteiger partial charge in [0.1, 0.15) is 13.2 Å². The molecule has 9 heteroatoms. The van der Waals surface area contributed by atoms with Gasteiger partial charge in [0.25, 0.3) is 0 Å². The van der Waals surface area contributed by atoms with Gasteiger partial charge < -0.3 is 31.5 Å². The summed E-state index contributed by atoms with van der Waals surface area (Å²) in [6, 6.07) is -2.27. The maximum absolute atomic E-state index is 11.1. The number of nitrogens with one attached hydrogen (secondary N) is 1. The molecule has 4 N–H and O–H groups in total. The van der Waals surface area contributed by atoms with Crippen molar-refractivity contribution in [2.75, 3.05) is 13.2 Å². The van der Waals surface area contributed by atoms with Crippen molar-refractivity contribution in [2.24, 2.45) is 10.8 Å². The van der Waals surface area contributed by atoms with Gasteiger partial charge in [0.05, 0.1) is 6.04 Å². The first-order chi connectivity index (χ1) is 7.88. The summed E-state index contributed by atoms with van der Waals surface area (Å²) < 4.78 is 4.46. The number of aliphatic carboxylic acids is 1. The number of hydrogen-bond acceptors (Lipinski definition) is 6. The third-order valence-electron chi connectivity index (χ3n) is 1.64. The molecule has 0 fully saturated rings. The molecule has 0 aliphatic rings. The van der Waals surface area contributed by atoms with Crippen LogP contribution in [0.4, 0.5) is 0 Å². The minimum atomic E-state index is -1.39. The summed E-state index contributed by atoms with van der Waals surface area (Å²) in [5, 5.41) is 13.3. The number of hydrogen-bond donors (Lipinski definition) is 3. The van der Waals surface area contributed by atoms with Crippen molar-refractivity contribution < 1.29 is 24.2 Å². The molecule has 1 amide bonds. The summed E-state index contributed by atoms with van der Waals surface area (Å²) in [6.07, 6.45) is 0. The van der Waals surface area contributed by atoms with Crippen LogP contribution in [0.1, 0.15) is 6.92 Å². The second kappa shape index (κ2) is 7.28. The number of rotatable bonds is 7. The minimum Gasteiger partial charge on any atom is -0.711 e. The fraction of sp³-hybridized carbons (Fsp3) is 0.625. The van der Waals surface area contributed by atoms with Gasteiger partial charge in [-0.25, -0.2) is 4.79 Å². The van der Waals surface area contributed by atoms with Gasteiger partial charge >= 0.3 is 11.9 Å². The van der Waals surface area contributed by atoms with Gasteiger partial charge in [-0.3, -0.25) is 9.59 Å². The number of carbonyl (C=O) groups is 3. The molecule has 0 unspecified atom stereocenters. The highest BCUT2D eigenvalue weighted by Gasteiger charge is 2.22. The van der Waals surface area contributed by atoms with E-state index in [0.29, 0.717) is 0 Å². The molecular formula is C8H13N4O5-. The summed E-state index contributed by atoms with van der Waals surface area (Å²) in [4.78, 5) is 32.6. The summed E-state index contributed by atoms with van der Waals surface area (Å²) in [7, 11) is 0. The van der Waals surface area contributed by atoms with E-state index in [4.69, 9.17) is 16.4 Å². The zero-order valence-corrected chi connectivity index (χ0v) is 9.12. The van der Waals surface area contributed by atoms with Crippen LogP contribution in [-0.4, -0.2) is 48.2 Å². The zero-order chi connectivity index (χ0) is 13.4. The summed E-state index contributed by atoms with van der Waals surface area (Å²) >= 11 is 0. The normalized spacial score (nSPS) is 13.3. The second-order valence-electron chi connectivity index (χ2n) is 3.17. The number of carbonyl (C=O) groups excluding carboxylic acids is 2. The van der Waals surface area contributed by atoms with Crippen LogP contribution in [0, 0.1) is 0 Å². The fourth-order valence-corrected chi connectivity index (χ4v) is 0.758. The first kappa shape index (κ1) is 15.0. The Morgan fingerprint density at radius 1 is 1.53 bits per heavy atom. The topological polar surface area (TPSA) is 153 Å². The van der Waals surface area contributed by atoms with E-state index in [9.17, 15) is 14.4 Å². The lowest BCUT2D eigenvalue weighted by Crippen LogP contribution is -2.49. The average molecular weight is 245 g/mol. The number of amides is 1. The van der Waals surface area contributed by atoms with Crippen LogP contribution >= 0.6 is 0 Å². The summed E-state index contributed by atoms with van der Waals surface area (Å²) in [5.41, 5.74) is 13.3. The third-order valence-corrected chi connectivity index (χ3v) is 1.64. The maximum atomic E-state index is 11.1. The van der Waals surface area contributed by atoms with Gasteiger partial charge in [-0.15, -0.1) is 0 Å². The van der Waals surface area contributed by atoms with Gasteiger partial charge in [-0.1, -0.05) is 0 Å². The van der Waals surface area contributed by atoms with Crippen LogP contribution in [0.5, 0.6) is 0 Å². The molecule has 0 radical (unpaired) electrons. The quantitative estimate of drug-likeness (QED) is 0.365. The van der Waals surface area contributed by atoms with Crippen molar-refractivity contribution in [3.05, 3.63) is 5.53 Å². The number of nitrogens with two attached hydrogens (primary N) is 1. The Kier molecular flexibility index (Phi) is 6.41. The lowest BCUT2D eigenvalue weighted by molar-refractivity contribution is -0.149. The number of nitrogens with zero attached hydrogens (tertiary/aromatic N) is 2. The van der Waals surface area contributed by atoms with E-state index in [0.717, 1.165) is 0 Å².